The maximum Gasteiger partial charge on any atom is 0.215 e. The van der Waals surface area contributed by atoms with Gasteiger partial charge >= 0.3 is 0 Å². The molecule has 0 spiro atoms. The Bertz CT molecular complexity index is 703. The van der Waals surface area contributed by atoms with E-state index in [0.29, 0.717) is 5.69 Å². The van der Waals surface area contributed by atoms with Crippen LogP contribution in [0.15, 0.2) is 24.3 Å². The highest BCUT2D eigenvalue weighted by Crippen LogP contribution is 2.35. The summed E-state index contributed by atoms with van der Waals surface area (Å²) in [5, 5.41) is 8.43. The van der Waals surface area contributed by atoms with Crippen molar-refractivity contribution >= 4 is 5.78 Å². The van der Waals surface area contributed by atoms with Gasteiger partial charge in [0.25, 0.3) is 0 Å². The SMILES string of the molecule is CCN(CC)CCCn1nnc2c1C(C)c1ccccc1C2=O. The molecule has 0 saturated carbocycles. The molecule has 0 N–H and O–H groups in total. The van der Waals surface area contributed by atoms with Gasteiger partial charge in [0, 0.05) is 18.0 Å². The van der Waals surface area contributed by atoms with Gasteiger partial charge in [-0.25, -0.2) is 4.68 Å². The number of carbonyl (C=O) groups excluding carboxylic acids is 1. The summed E-state index contributed by atoms with van der Waals surface area (Å²) in [6, 6.07) is 7.82. The van der Waals surface area contributed by atoms with Crippen LogP contribution in [-0.4, -0.2) is 45.3 Å². The highest BCUT2D eigenvalue weighted by Gasteiger charge is 2.33. The molecular formula is C18H24N4O. The first-order valence-electron chi connectivity index (χ1n) is 8.46. The van der Waals surface area contributed by atoms with Crippen molar-refractivity contribution in [2.24, 2.45) is 0 Å². The van der Waals surface area contributed by atoms with Gasteiger partial charge in [-0.15, -0.1) is 5.10 Å². The standard InChI is InChI=1S/C18H24N4O/c1-4-21(5-2)11-8-12-22-17-13(3)14-9-6-7-10-15(14)18(23)16(17)19-20-22/h6-7,9-10,13H,4-5,8,11-12H2,1-3H3. The van der Waals surface area contributed by atoms with Crippen molar-refractivity contribution in [2.45, 2.75) is 39.7 Å². The predicted octanol–water partition coefficient (Wildman–Crippen LogP) is 2.71. The summed E-state index contributed by atoms with van der Waals surface area (Å²) in [4.78, 5) is 15.0. The Labute approximate surface area is 137 Å². The van der Waals surface area contributed by atoms with E-state index in [9.17, 15) is 4.79 Å². The molecule has 3 rings (SSSR count). The Morgan fingerprint density at radius 3 is 2.70 bits per heavy atom. The van der Waals surface area contributed by atoms with Crippen molar-refractivity contribution in [1.82, 2.24) is 19.9 Å². The smallest absolute Gasteiger partial charge is 0.215 e. The van der Waals surface area contributed by atoms with Gasteiger partial charge < -0.3 is 4.90 Å². The Balaban J connectivity index is 1.82. The summed E-state index contributed by atoms with van der Waals surface area (Å²) in [5.74, 6) is 0.158. The van der Waals surface area contributed by atoms with Gasteiger partial charge in [0.2, 0.25) is 5.78 Å². The Kier molecular flexibility index (Phi) is 4.57. The summed E-state index contributed by atoms with van der Waals surface area (Å²) in [5.41, 5.74) is 3.34. The summed E-state index contributed by atoms with van der Waals surface area (Å²) in [7, 11) is 0. The van der Waals surface area contributed by atoms with Crippen molar-refractivity contribution in [2.75, 3.05) is 19.6 Å². The van der Waals surface area contributed by atoms with Crippen molar-refractivity contribution in [3.05, 3.63) is 46.8 Å². The highest BCUT2D eigenvalue weighted by molar-refractivity contribution is 6.11. The molecule has 0 amide bonds. The van der Waals surface area contributed by atoms with Crippen molar-refractivity contribution in [3.63, 3.8) is 0 Å². The van der Waals surface area contributed by atoms with E-state index in [4.69, 9.17) is 0 Å². The zero-order valence-electron chi connectivity index (χ0n) is 14.1. The summed E-state index contributed by atoms with van der Waals surface area (Å²) < 4.78 is 1.93. The molecule has 0 saturated heterocycles. The van der Waals surface area contributed by atoms with E-state index in [1.807, 2.05) is 28.9 Å². The first-order valence-corrected chi connectivity index (χ1v) is 8.46. The lowest BCUT2D eigenvalue weighted by Gasteiger charge is -2.23. The Hall–Kier alpha value is -2.01. The van der Waals surface area contributed by atoms with Crippen LogP contribution < -0.4 is 0 Å². The maximum atomic E-state index is 12.6. The lowest BCUT2D eigenvalue weighted by atomic mass is 9.83. The number of carbonyl (C=O) groups is 1. The molecular weight excluding hydrogens is 288 g/mol. The molecule has 1 heterocycles. The second kappa shape index (κ2) is 6.62. The fraction of sp³-hybridized carbons (Fsp3) is 0.500. The van der Waals surface area contributed by atoms with Crippen LogP contribution in [0.5, 0.6) is 0 Å². The largest absolute Gasteiger partial charge is 0.304 e. The monoisotopic (exact) mass is 312 g/mol. The van der Waals surface area contributed by atoms with E-state index in [-0.39, 0.29) is 11.7 Å². The van der Waals surface area contributed by atoms with Crippen molar-refractivity contribution in [1.29, 1.82) is 0 Å². The quantitative estimate of drug-likeness (QED) is 0.823. The summed E-state index contributed by atoms with van der Waals surface area (Å²) in [6.45, 7) is 10.5. The molecule has 1 unspecified atom stereocenters. The van der Waals surface area contributed by atoms with Gasteiger partial charge in [-0.05, 0) is 31.6 Å². The highest BCUT2D eigenvalue weighted by atomic mass is 16.1. The lowest BCUT2D eigenvalue weighted by Crippen LogP contribution is -2.26. The average molecular weight is 312 g/mol. The van der Waals surface area contributed by atoms with Crippen LogP contribution in [0.2, 0.25) is 0 Å². The number of benzene rings is 1. The third-order valence-electron chi connectivity index (χ3n) is 4.81. The molecule has 122 valence electrons. The lowest BCUT2D eigenvalue weighted by molar-refractivity contribution is 0.102. The topological polar surface area (TPSA) is 51.0 Å². The summed E-state index contributed by atoms with van der Waals surface area (Å²) in [6.07, 6.45) is 1.01. The Morgan fingerprint density at radius 2 is 1.96 bits per heavy atom. The minimum Gasteiger partial charge on any atom is -0.304 e. The molecule has 23 heavy (non-hydrogen) atoms. The third-order valence-corrected chi connectivity index (χ3v) is 4.81. The van der Waals surface area contributed by atoms with Crippen LogP contribution in [0.25, 0.3) is 0 Å². The fourth-order valence-corrected chi connectivity index (χ4v) is 3.42. The molecule has 2 aromatic rings. The van der Waals surface area contributed by atoms with Gasteiger partial charge in [-0.2, -0.15) is 0 Å². The molecule has 1 aromatic carbocycles. The van der Waals surface area contributed by atoms with Crippen molar-refractivity contribution in [3.8, 4) is 0 Å². The van der Waals surface area contributed by atoms with Gasteiger partial charge in [0.1, 0.15) is 0 Å². The molecule has 0 radical (unpaired) electrons. The number of ketones is 1. The van der Waals surface area contributed by atoms with Crippen molar-refractivity contribution < 1.29 is 4.79 Å². The van der Waals surface area contributed by atoms with Crippen LogP contribution in [0.1, 0.15) is 60.4 Å². The second-order valence-corrected chi connectivity index (χ2v) is 6.06. The van der Waals surface area contributed by atoms with Crippen LogP contribution >= 0.6 is 0 Å². The number of aromatic nitrogens is 3. The molecule has 5 heteroatoms. The number of fused-ring (bicyclic) bond motifs is 2. The number of aryl methyl sites for hydroxylation is 1. The summed E-state index contributed by atoms with van der Waals surface area (Å²) >= 11 is 0. The number of nitrogens with zero attached hydrogens (tertiary/aromatic N) is 4. The molecule has 1 aliphatic carbocycles. The molecule has 0 aliphatic heterocycles. The minimum atomic E-state index is 0.00342. The van der Waals surface area contributed by atoms with E-state index in [0.717, 1.165) is 49.4 Å². The number of hydrogen-bond donors (Lipinski definition) is 0. The third kappa shape index (κ3) is 2.81. The van der Waals surface area contributed by atoms with E-state index in [1.165, 1.54) is 0 Å². The average Bonchev–Trinajstić information content (AvgIpc) is 3.01. The first kappa shape index (κ1) is 15.9. The van der Waals surface area contributed by atoms with Gasteiger partial charge in [0.15, 0.2) is 5.69 Å². The van der Waals surface area contributed by atoms with E-state index >= 15 is 0 Å². The zero-order valence-corrected chi connectivity index (χ0v) is 14.1. The van der Waals surface area contributed by atoms with Gasteiger partial charge in [0.05, 0.1) is 5.69 Å². The molecule has 1 aromatic heterocycles. The molecule has 1 atom stereocenters. The molecule has 0 fully saturated rings. The van der Waals surface area contributed by atoms with Gasteiger partial charge in [-0.3, -0.25) is 4.79 Å². The van der Waals surface area contributed by atoms with Crippen LogP contribution in [0.4, 0.5) is 0 Å². The van der Waals surface area contributed by atoms with E-state index in [2.05, 4.69) is 36.0 Å². The first-order chi connectivity index (χ1) is 11.2. The fourth-order valence-electron chi connectivity index (χ4n) is 3.42. The molecule has 5 nitrogen and oxygen atoms in total. The minimum absolute atomic E-state index is 0.00342. The molecule has 0 bridgehead atoms. The normalized spacial score (nSPS) is 16.5. The molecule has 1 aliphatic rings. The second-order valence-electron chi connectivity index (χ2n) is 6.06. The van der Waals surface area contributed by atoms with Crippen LogP contribution in [0.3, 0.4) is 0 Å². The van der Waals surface area contributed by atoms with Crippen LogP contribution in [-0.2, 0) is 6.54 Å². The number of rotatable bonds is 6. The zero-order chi connectivity index (χ0) is 16.4. The van der Waals surface area contributed by atoms with Crippen LogP contribution in [0, 0.1) is 0 Å². The van der Waals surface area contributed by atoms with E-state index < -0.39 is 0 Å². The van der Waals surface area contributed by atoms with Gasteiger partial charge in [-0.1, -0.05) is 50.3 Å². The predicted molar refractivity (Wildman–Crippen MR) is 89.8 cm³/mol. The maximum absolute atomic E-state index is 12.6. The number of hydrogen-bond acceptors (Lipinski definition) is 4. The Morgan fingerprint density at radius 1 is 1.22 bits per heavy atom. The van der Waals surface area contributed by atoms with E-state index in [1.54, 1.807) is 0 Å².